The van der Waals surface area contributed by atoms with Crippen molar-refractivity contribution in [2.24, 2.45) is 0 Å². The molecule has 0 aromatic carbocycles. The molecule has 0 saturated carbocycles. The fourth-order valence-electron chi connectivity index (χ4n) is 3.79. The summed E-state index contributed by atoms with van der Waals surface area (Å²) in [7, 11) is 2.86. The molecule has 12 nitrogen and oxygen atoms in total. The van der Waals surface area contributed by atoms with E-state index in [1.165, 1.54) is 14.2 Å². The Kier molecular flexibility index (Phi) is 21.5. The summed E-state index contributed by atoms with van der Waals surface area (Å²) in [5, 5.41) is 0. The number of ether oxygens (including phenoxy) is 10. The molecule has 0 amide bonds. The number of rotatable bonds is 26. The number of hydrogen-bond donors (Lipinski definition) is 0. The molecule has 232 valence electrons. The highest BCUT2D eigenvalue weighted by molar-refractivity contribution is 5.70. The van der Waals surface area contributed by atoms with Crippen LogP contribution in [0, 0.1) is 0 Å². The Morgan fingerprint density at radius 1 is 0.513 bits per heavy atom. The first-order valence-electron chi connectivity index (χ1n) is 14.1. The molecule has 0 aliphatic carbocycles. The minimum absolute atomic E-state index is 0.174. The first-order chi connectivity index (χ1) is 18.8. The highest BCUT2D eigenvalue weighted by atomic mass is 16.9. The van der Waals surface area contributed by atoms with Gasteiger partial charge in [-0.1, -0.05) is 19.3 Å². The van der Waals surface area contributed by atoms with Gasteiger partial charge in [-0.15, -0.1) is 0 Å². The lowest BCUT2D eigenvalue weighted by atomic mass is 10.1. The van der Waals surface area contributed by atoms with E-state index < -0.39 is 36.5 Å². The predicted octanol–water partition coefficient (Wildman–Crippen LogP) is 4.28. The first-order valence-corrected chi connectivity index (χ1v) is 14.1. The largest absolute Gasteiger partial charge is 0.404 e. The number of unbranched alkanes of at least 4 members (excludes halogenated alkanes) is 4. The summed E-state index contributed by atoms with van der Waals surface area (Å²) in [6, 6.07) is 0. The molecule has 0 N–H and O–H groups in total. The third kappa shape index (κ3) is 13.7. The molecule has 2 atom stereocenters. The third-order valence-electron chi connectivity index (χ3n) is 5.30. The Hall–Kier alpha value is -1.38. The molecule has 0 aromatic rings. The normalized spacial score (nSPS) is 13.7. The van der Waals surface area contributed by atoms with Gasteiger partial charge in [0.2, 0.25) is 0 Å². The van der Waals surface area contributed by atoms with Gasteiger partial charge in [0, 0.05) is 40.3 Å². The topological polar surface area (TPSA) is 126 Å². The van der Waals surface area contributed by atoms with Crippen molar-refractivity contribution in [2.45, 2.75) is 111 Å². The molecular formula is C27H52O12. The summed E-state index contributed by atoms with van der Waals surface area (Å²) in [6.45, 7) is 12.2. The second kappa shape index (κ2) is 22.3. The van der Waals surface area contributed by atoms with Gasteiger partial charge in [-0.25, -0.2) is 0 Å². The van der Waals surface area contributed by atoms with E-state index >= 15 is 0 Å². The Bertz CT molecular complexity index is 566. The lowest BCUT2D eigenvalue weighted by Gasteiger charge is -2.36. The Morgan fingerprint density at radius 3 is 1.08 bits per heavy atom. The van der Waals surface area contributed by atoms with Gasteiger partial charge in [-0.3, -0.25) is 9.59 Å². The smallest absolute Gasteiger partial charge is 0.383 e. The van der Waals surface area contributed by atoms with Gasteiger partial charge in [0.15, 0.2) is 0 Å². The molecule has 0 bridgehead atoms. The number of carbonyl (C=O) groups is 2. The van der Waals surface area contributed by atoms with Crippen molar-refractivity contribution < 1.29 is 57.0 Å². The number of methoxy groups -OCH3 is 2. The van der Waals surface area contributed by atoms with Gasteiger partial charge >= 0.3 is 23.9 Å². The molecule has 0 spiro atoms. The van der Waals surface area contributed by atoms with E-state index in [1.54, 1.807) is 41.5 Å². The fraction of sp³-hybridized carbons (Fsp3) is 0.926. The Labute approximate surface area is 234 Å². The summed E-state index contributed by atoms with van der Waals surface area (Å²) in [5.74, 6) is -4.50. The summed E-state index contributed by atoms with van der Waals surface area (Å²) in [5.41, 5.74) is 0. The van der Waals surface area contributed by atoms with Crippen LogP contribution in [0.15, 0.2) is 0 Å². The molecule has 0 saturated heterocycles. The zero-order valence-corrected chi connectivity index (χ0v) is 25.2. The quantitative estimate of drug-likeness (QED) is 0.0840. The average molecular weight is 569 g/mol. The molecule has 0 rings (SSSR count). The minimum atomic E-state index is -1.77. The molecular weight excluding hydrogens is 516 g/mol. The van der Waals surface area contributed by atoms with Crippen LogP contribution in [-0.2, 0) is 57.0 Å². The van der Waals surface area contributed by atoms with Gasteiger partial charge in [0.1, 0.15) is 0 Å². The minimum Gasteiger partial charge on any atom is -0.404 e. The zero-order valence-electron chi connectivity index (χ0n) is 25.2. The molecule has 2 unspecified atom stereocenters. The van der Waals surface area contributed by atoms with Gasteiger partial charge in [0.25, 0.3) is 12.6 Å². The number of carbonyl (C=O) groups excluding carboxylic acids is 2. The van der Waals surface area contributed by atoms with E-state index in [2.05, 4.69) is 0 Å². The standard InChI is InChI=1S/C27H52O12/c1-9-32-24(30-7)26(34-11-3,35-12-4)38-22(28)20-18-16-15-17-19-21-23(29)39-27(36-13-5,37-14-6)25(31-8)33-10-2/h24-25H,9-21H2,1-8H3. The lowest BCUT2D eigenvalue weighted by molar-refractivity contribution is -0.436. The van der Waals surface area contributed by atoms with Gasteiger partial charge in [-0.05, 0) is 54.4 Å². The SMILES string of the molecule is CCOC(OC)C(OCC)(OCC)OC(=O)CCCCCCCC(=O)OC(OCC)(OCC)C(OC)OCC. The third-order valence-corrected chi connectivity index (χ3v) is 5.30. The second-order valence-electron chi connectivity index (χ2n) is 8.20. The van der Waals surface area contributed by atoms with E-state index in [1.807, 2.05) is 0 Å². The van der Waals surface area contributed by atoms with E-state index in [0.717, 1.165) is 19.3 Å². The van der Waals surface area contributed by atoms with Crippen LogP contribution in [0.4, 0.5) is 0 Å². The summed E-state index contributed by atoms with van der Waals surface area (Å²) in [4.78, 5) is 25.2. The fourth-order valence-corrected chi connectivity index (χ4v) is 3.79. The van der Waals surface area contributed by atoms with Crippen LogP contribution >= 0.6 is 0 Å². The van der Waals surface area contributed by atoms with Crippen molar-refractivity contribution in [2.75, 3.05) is 53.9 Å². The van der Waals surface area contributed by atoms with Crippen molar-refractivity contribution >= 4 is 11.9 Å². The summed E-state index contributed by atoms with van der Waals surface area (Å²) >= 11 is 0. The lowest BCUT2D eigenvalue weighted by Crippen LogP contribution is -2.53. The van der Waals surface area contributed by atoms with E-state index in [0.29, 0.717) is 26.1 Å². The van der Waals surface area contributed by atoms with Crippen LogP contribution in [0.1, 0.15) is 86.5 Å². The van der Waals surface area contributed by atoms with Crippen LogP contribution < -0.4 is 0 Å². The van der Waals surface area contributed by atoms with Crippen LogP contribution in [0.3, 0.4) is 0 Å². The van der Waals surface area contributed by atoms with Crippen molar-refractivity contribution in [1.29, 1.82) is 0 Å². The van der Waals surface area contributed by atoms with Gasteiger partial charge in [0.05, 0.1) is 26.4 Å². The molecule has 39 heavy (non-hydrogen) atoms. The summed E-state index contributed by atoms with van der Waals surface area (Å²) in [6.07, 6.45) is 1.88. The maximum atomic E-state index is 12.6. The van der Waals surface area contributed by atoms with Crippen LogP contribution in [0.5, 0.6) is 0 Å². The van der Waals surface area contributed by atoms with Crippen LogP contribution in [-0.4, -0.2) is 90.3 Å². The number of esters is 2. The van der Waals surface area contributed by atoms with Crippen molar-refractivity contribution in [3.8, 4) is 0 Å². The second-order valence-corrected chi connectivity index (χ2v) is 8.20. The van der Waals surface area contributed by atoms with E-state index in [4.69, 9.17) is 47.4 Å². The Morgan fingerprint density at radius 2 is 0.821 bits per heavy atom. The van der Waals surface area contributed by atoms with Crippen molar-refractivity contribution in [1.82, 2.24) is 0 Å². The maximum absolute atomic E-state index is 12.6. The molecule has 0 heterocycles. The summed E-state index contributed by atoms with van der Waals surface area (Å²) < 4.78 is 55.4. The monoisotopic (exact) mass is 568 g/mol. The highest BCUT2D eigenvalue weighted by Gasteiger charge is 2.48. The number of hydrogen-bond acceptors (Lipinski definition) is 12. The first kappa shape index (κ1) is 37.6. The van der Waals surface area contributed by atoms with E-state index in [-0.39, 0.29) is 39.3 Å². The highest BCUT2D eigenvalue weighted by Crippen LogP contribution is 2.27. The van der Waals surface area contributed by atoms with Crippen molar-refractivity contribution in [3.63, 3.8) is 0 Å². The van der Waals surface area contributed by atoms with Crippen molar-refractivity contribution in [3.05, 3.63) is 0 Å². The molecule has 12 heteroatoms. The molecule has 0 fully saturated rings. The average Bonchev–Trinajstić information content (AvgIpc) is 2.90. The zero-order chi connectivity index (χ0) is 29.6. The van der Waals surface area contributed by atoms with Crippen LogP contribution in [0.25, 0.3) is 0 Å². The van der Waals surface area contributed by atoms with Crippen LogP contribution in [0.2, 0.25) is 0 Å². The molecule has 0 aliphatic rings. The maximum Gasteiger partial charge on any atom is 0.383 e. The van der Waals surface area contributed by atoms with Gasteiger partial charge in [-0.2, -0.15) is 0 Å². The molecule has 0 radical (unpaired) electrons. The predicted molar refractivity (Wildman–Crippen MR) is 141 cm³/mol. The van der Waals surface area contributed by atoms with E-state index in [9.17, 15) is 9.59 Å². The Balaban J connectivity index is 4.69. The van der Waals surface area contributed by atoms with Gasteiger partial charge < -0.3 is 47.4 Å². The molecule has 0 aromatic heterocycles. The molecule has 0 aliphatic heterocycles.